The zero-order valence-electron chi connectivity index (χ0n) is 12.8. The molecule has 7 nitrogen and oxygen atoms in total. The van der Waals surface area contributed by atoms with Gasteiger partial charge in [0.05, 0.1) is 30.8 Å². The van der Waals surface area contributed by atoms with Crippen LogP contribution in [0.1, 0.15) is 5.56 Å². The molecule has 3 atom stereocenters. The van der Waals surface area contributed by atoms with Crippen LogP contribution < -0.4 is 10.1 Å². The van der Waals surface area contributed by atoms with Crippen molar-refractivity contribution in [1.82, 2.24) is 5.32 Å². The summed E-state index contributed by atoms with van der Waals surface area (Å²) in [5.74, 6) is 0.295. The van der Waals surface area contributed by atoms with E-state index in [1.54, 1.807) is 19.2 Å². The highest BCUT2D eigenvalue weighted by molar-refractivity contribution is 14.1. The lowest BCUT2D eigenvalue weighted by atomic mass is 10.2. The van der Waals surface area contributed by atoms with Crippen LogP contribution in [-0.2, 0) is 25.6 Å². The molecule has 0 aromatic heterocycles. The SMILES string of the molecule is COC(=O)C1OCC(NC(=O)OCc2ccc(OC)cc2)C1I. The third-order valence-corrected chi connectivity index (χ3v) is 4.92. The molecule has 1 fully saturated rings. The first-order valence-corrected chi connectivity index (χ1v) is 8.19. The minimum Gasteiger partial charge on any atom is -0.497 e. The van der Waals surface area contributed by atoms with Gasteiger partial charge in [0, 0.05) is 0 Å². The molecule has 0 radical (unpaired) electrons. The van der Waals surface area contributed by atoms with E-state index < -0.39 is 18.2 Å². The Morgan fingerprint density at radius 3 is 2.61 bits per heavy atom. The molecule has 0 spiro atoms. The first kappa shape index (κ1) is 17.8. The van der Waals surface area contributed by atoms with Crippen molar-refractivity contribution in [2.24, 2.45) is 0 Å². The fraction of sp³-hybridized carbons (Fsp3) is 0.467. The van der Waals surface area contributed by atoms with Crippen LogP contribution in [0, 0.1) is 0 Å². The number of hydrogen-bond acceptors (Lipinski definition) is 6. The molecular formula is C15H18INO6. The maximum Gasteiger partial charge on any atom is 0.407 e. The number of alkyl carbamates (subject to hydrolysis) is 1. The smallest absolute Gasteiger partial charge is 0.407 e. The summed E-state index contributed by atoms with van der Waals surface area (Å²) in [6.07, 6.45) is -1.23. The number of halogens is 1. The first-order chi connectivity index (χ1) is 11.0. The maximum atomic E-state index is 11.9. The Kier molecular flexibility index (Phi) is 6.46. The quantitative estimate of drug-likeness (QED) is 0.431. The Morgan fingerprint density at radius 2 is 2.00 bits per heavy atom. The Balaban J connectivity index is 1.79. The normalized spacial score (nSPS) is 23.2. The van der Waals surface area contributed by atoms with Gasteiger partial charge >= 0.3 is 12.1 Å². The number of esters is 1. The number of carbonyl (C=O) groups is 2. The topological polar surface area (TPSA) is 83.1 Å². The monoisotopic (exact) mass is 435 g/mol. The zero-order chi connectivity index (χ0) is 16.8. The Labute approximate surface area is 147 Å². The van der Waals surface area contributed by atoms with Crippen molar-refractivity contribution in [3.8, 4) is 5.75 Å². The predicted octanol–water partition coefficient (Wildman–Crippen LogP) is 1.67. The second-order valence-electron chi connectivity index (χ2n) is 4.90. The molecule has 1 amide bonds. The van der Waals surface area contributed by atoms with Crippen LogP contribution in [0.15, 0.2) is 24.3 Å². The number of nitrogens with one attached hydrogen (secondary N) is 1. The lowest BCUT2D eigenvalue weighted by Gasteiger charge is -2.16. The summed E-state index contributed by atoms with van der Waals surface area (Å²) in [7, 11) is 2.89. The van der Waals surface area contributed by atoms with Gasteiger partial charge in [-0.2, -0.15) is 0 Å². The molecule has 23 heavy (non-hydrogen) atoms. The van der Waals surface area contributed by atoms with Crippen molar-refractivity contribution in [1.29, 1.82) is 0 Å². The number of ether oxygens (including phenoxy) is 4. The van der Waals surface area contributed by atoms with Crippen LogP contribution >= 0.6 is 22.6 Å². The van der Waals surface area contributed by atoms with Crippen molar-refractivity contribution in [2.75, 3.05) is 20.8 Å². The van der Waals surface area contributed by atoms with Crippen LogP contribution in [0.4, 0.5) is 4.79 Å². The summed E-state index contributed by atoms with van der Waals surface area (Å²) >= 11 is 2.07. The summed E-state index contributed by atoms with van der Waals surface area (Å²) in [4.78, 5) is 23.4. The van der Waals surface area contributed by atoms with E-state index in [2.05, 4.69) is 32.6 Å². The molecule has 0 aliphatic carbocycles. The molecule has 1 aliphatic rings. The van der Waals surface area contributed by atoms with Gasteiger partial charge < -0.3 is 24.3 Å². The van der Waals surface area contributed by atoms with E-state index in [0.29, 0.717) is 0 Å². The molecular weight excluding hydrogens is 417 g/mol. The number of rotatable bonds is 5. The summed E-state index contributed by atoms with van der Waals surface area (Å²) in [6, 6.07) is 6.92. The van der Waals surface area contributed by atoms with Crippen molar-refractivity contribution < 1.29 is 28.5 Å². The number of hydrogen-bond donors (Lipinski definition) is 1. The molecule has 2 rings (SSSR count). The van der Waals surface area contributed by atoms with Crippen LogP contribution in [-0.4, -0.2) is 49.0 Å². The highest BCUT2D eigenvalue weighted by atomic mass is 127. The number of alkyl halides is 1. The highest BCUT2D eigenvalue weighted by Crippen LogP contribution is 2.23. The van der Waals surface area contributed by atoms with Crippen molar-refractivity contribution in [3.63, 3.8) is 0 Å². The first-order valence-electron chi connectivity index (χ1n) is 6.95. The number of carbonyl (C=O) groups excluding carboxylic acids is 2. The molecule has 8 heteroatoms. The summed E-state index contributed by atoms with van der Waals surface area (Å²) in [5, 5.41) is 2.70. The van der Waals surface area contributed by atoms with E-state index in [1.165, 1.54) is 7.11 Å². The second kappa shape index (κ2) is 8.34. The molecule has 1 aliphatic heterocycles. The molecule has 1 heterocycles. The van der Waals surface area contributed by atoms with Gasteiger partial charge in [0.15, 0.2) is 6.10 Å². The predicted molar refractivity (Wildman–Crippen MR) is 89.7 cm³/mol. The van der Waals surface area contributed by atoms with E-state index >= 15 is 0 Å². The van der Waals surface area contributed by atoms with Crippen molar-refractivity contribution in [3.05, 3.63) is 29.8 Å². The third-order valence-electron chi connectivity index (χ3n) is 3.39. The van der Waals surface area contributed by atoms with E-state index in [-0.39, 0.29) is 23.2 Å². The third kappa shape index (κ3) is 4.71. The molecule has 1 aromatic rings. The van der Waals surface area contributed by atoms with E-state index in [9.17, 15) is 9.59 Å². The Morgan fingerprint density at radius 1 is 1.30 bits per heavy atom. The van der Waals surface area contributed by atoms with Gasteiger partial charge in [0.2, 0.25) is 0 Å². The summed E-state index contributed by atoms with van der Waals surface area (Å²) in [5.41, 5.74) is 0.849. The van der Waals surface area contributed by atoms with Crippen LogP contribution in [0.3, 0.4) is 0 Å². The number of amides is 1. The minimum atomic E-state index is -0.674. The van der Waals surface area contributed by atoms with Crippen molar-refractivity contribution in [2.45, 2.75) is 22.7 Å². The molecule has 1 N–H and O–H groups in total. The van der Waals surface area contributed by atoms with E-state index in [1.807, 2.05) is 12.1 Å². The summed E-state index contributed by atoms with van der Waals surface area (Å²) in [6.45, 7) is 0.390. The molecule has 1 saturated heterocycles. The van der Waals surface area contributed by atoms with Gasteiger partial charge in [-0.3, -0.25) is 0 Å². The number of methoxy groups -OCH3 is 2. The largest absolute Gasteiger partial charge is 0.497 e. The fourth-order valence-electron chi connectivity index (χ4n) is 2.10. The highest BCUT2D eigenvalue weighted by Gasteiger charge is 2.41. The lowest BCUT2D eigenvalue weighted by Crippen LogP contribution is -2.43. The molecule has 3 unspecified atom stereocenters. The van der Waals surface area contributed by atoms with E-state index in [0.717, 1.165) is 11.3 Å². The minimum absolute atomic E-state index is 0.149. The summed E-state index contributed by atoms with van der Waals surface area (Å²) < 4.78 is 20.0. The molecule has 1 aromatic carbocycles. The van der Waals surface area contributed by atoms with Crippen LogP contribution in [0.25, 0.3) is 0 Å². The average molecular weight is 435 g/mol. The van der Waals surface area contributed by atoms with Gasteiger partial charge in [-0.05, 0) is 17.7 Å². The van der Waals surface area contributed by atoms with Gasteiger partial charge in [-0.15, -0.1) is 0 Å². The maximum absolute atomic E-state index is 11.9. The Bertz CT molecular complexity index is 549. The number of benzene rings is 1. The van der Waals surface area contributed by atoms with Gasteiger partial charge in [0.25, 0.3) is 0 Å². The lowest BCUT2D eigenvalue weighted by molar-refractivity contribution is -0.150. The van der Waals surface area contributed by atoms with Crippen molar-refractivity contribution >= 4 is 34.7 Å². The standard InChI is InChI=1S/C15H18INO6/c1-20-10-5-3-9(4-6-10)7-23-15(19)17-11-8-22-13(12(11)16)14(18)21-2/h3-6,11-13H,7-8H2,1-2H3,(H,17,19). The molecule has 0 bridgehead atoms. The van der Waals surface area contributed by atoms with Crippen LogP contribution in [0.2, 0.25) is 0 Å². The molecule has 0 saturated carbocycles. The molecule has 126 valence electrons. The van der Waals surface area contributed by atoms with Gasteiger partial charge in [-0.1, -0.05) is 34.7 Å². The van der Waals surface area contributed by atoms with Gasteiger partial charge in [-0.25, -0.2) is 9.59 Å². The van der Waals surface area contributed by atoms with Crippen LogP contribution in [0.5, 0.6) is 5.75 Å². The van der Waals surface area contributed by atoms with Gasteiger partial charge in [0.1, 0.15) is 12.4 Å². The average Bonchev–Trinajstić information content (AvgIpc) is 2.93. The Hall–Kier alpha value is -1.55. The fourth-order valence-corrected chi connectivity index (χ4v) is 2.99. The zero-order valence-corrected chi connectivity index (χ0v) is 14.9. The second-order valence-corrected chi connectivity index (χ2v) is 6.33. The van der Waals surface area contributed by atoms with E-state index in [4.69, 9.17) is 14.2 Å².